The number of halogens is 1. The Kier molecular flexibility index (Phi) is 6.64. The number of ketones is 1. The fraction of sp³-hybridized carbons (Fsp3) is 0.400. The molecule has 0 aliphatic carbocycles. The molecule has 0 aromatic heterocycles. The zero-order chi connectivity index (χ0) is 12.5. The quantitative estimate of drug-likeness (QED) is 0.376. The van der Waals surface area contributed by atoms with Gasteiger partial charge in [0.15, 0.2) is 5.78 Å². The molecule has 1 aromatic rings. The predicted molar refractivity (Wildman–Crippen MR) is 73.7 cm³/mol. The molecule has 0 N–H and O–H groups in total. The van der Waals surface area contributed by atoms with Crippen LogP contribution in [0.2, 0.25) is 5.02 Å². The van der Waals surface area contributed by atoms with Gasteiger partial charge in [-0.15, -0.1) is 0 Å². The molecule has 0 aliphatic heterocycles. The number of allylic oxidation sites excluding steroid dienone is 2. The Morgan fingerprint density at radius 3 is 2.47 bits per heavy atom. The minimum atomic E-state index is 0.182. The Bertz CT molecular complexity index is 365. The molecule has 0 fully saturated rings. The zero-order valence-electron chi connectivity index (χ0n) is 10.3. The predicted octanol–water partition coefficient (Wildman–Crippen LogP) is 5.05. The molecule has 1 nitrogen and oxygen atoms in total. The van der Waals surface area contributed by atoms with E-state index in [1.54, 1.807) is 24.3 Å². The summed E-state index contributed by atoms with van der Waals surface area (Å²) >= 11 is 5.77. The van der Waals surface area contributed by atoms with Gasteiger partial charge in [0.05, 0.1) is 0 Å². The third-order valence-corrected chi connectivity index (χ3v) is 2.85. The summed E-state index contributed by atoms with van der Waals surface area (Å²) < 4.78 is 0. The minimum absolute atomic E-state index is 0.182. The van der Waals surface area contributed by atoms with Crippen LogP contribution in [0.4, 0.5) is 0 Å². The Labute approximate surface area is 108 Å². The molecule has 0 aliphatic rings. The van der Waals surface area contributed by atoms with Gasteiger partial charge in [-0.3, -0.25) is 4.79 Å². The van der Waals surface area contributed by atoms with Gasteiger partial charge < -0.3 is 0 Å². The second kappa shape index (κ2) is 8.08. The molecule has 92 valence electrons. The van der Waals surface area contributed by atoms with Gasteiger partial charge >= 0.3 is 0 Å². The van der Waals surface area contributed by atoms with Gasteiger partial charge in [0, 0.05) is 17.0 Å². The van der Waals surface area contributed by atoms with Crippen molar-refractivity contribution < 1.29 is 4.79 Å². The van der Waals surface area contributed by atoms with Crippen LogP contribution in [0.5, 0.6) is 0 Å². The molecular weight excluding hydrogens is 232 g/mol. The van der Waals surface area contributed by atoms with Gasteiger partial charge in [0.25, 0.3) is 0 Å². The van der Waals surface area contributed by atoms with E-state index in [9.17, 15) is 4.79 Å². The molecule has 0 unspecified atom stereocenters. The highest BCUT2D eigenvalue weighted by molar-refractivity contribution is 6.30. The summed E-state index contributed by atoms with van der Waals surface area (Å²) in [6.45, 7) is 2.18. The van der Waals surface area contributed by atoms with Crippen molar-refractivity contribution in [2.24, 2.45) is 0 Å². The van der Waals surface area contributed by atoms with E-state index in [0.29, 0.717) is 11.4 Å². The van der Waals surface area contributed by atoms with Gasteiger partial charge in [-0.1, -0.05) is 43.5 Å². The van der Waals surface area contributed by atoms with E-state index in [1.807, 2.05) is 0 Å². The van der Waals surface area contributed by atoms with E-state index in [1.165, 1.54) is 12.8 Å². The molecule has 1 aromatic carbocycles. The van der Waals surface area contributed by atoms with Crippen molar-refractivity contribution in [3.63, 3.8) is 0 Å². The number of carbonyl (C=O) groups is 1. The van der Waals surface area contributed by atoms with Crippen LogP contribution in [0.15, 0.2) is 36.4 Å². The highest BCUT2D eigenvalue weighted by Gasteiger charge is 2.03. The van der Waals surface area contributed by atoms with Crippen molar-refractivity contribution >= 4 is 17.4 Å². The summed E-state index contributed by atoms with van der Waals surface area (Å²) in [5.41, 5.74) is 0.747. The van der Waals surface area contributed by atoms with Crippen molar-refractivity contribution in [2.75, 3.05) is 0 Å². The highest BCUT2D eigenvalue weighted by atomic mass is 35.5. The monoisotopic (exact) mass is 250 g/mol. The normalized spacial score (nSPS) is 10.9. The largest absolute Gasteiger partial charge is 0.294 e. The number of hydrogen-bond acceptors (Lipinski definition) is 1. The van der Waals surface area contributed by atoms with Gasteiger partial charge in [-0.25, -0.2) is 0 Å². The van der Waals surface area contributed by atoms with Crippen LogP contribution in [0.25, 0.3) is 0 Å². The van der Waals surface area contributed by atoms with Crippen molar-refractivity contribution in [3.8, 4) is 0 Å². The molecule has 0 heterocycles. The second-order valence-electron chi connectivity index (χ2n) is 4.08. The number of unbranched alkanes of at least 4 members (excludes halogenated alkanes) is 2. The molecule has 0 spiro atoms. The summed E-state index contributed by atoms with van der Waals surface area (Å²) in [5.74, 6) is 0.182. The number of Topliss-reactive ketones (excluding diaryl/α,β-unsaturated/α-hetero) is 1. The molecule has 2 heteroatoms. The van der Waals surface area contributed by atoms with Crippen molar-refractivity contribution in [2.45, 2.75) is 39.0 Å². The van der Waals surface area contributed by atoms with Crippen molar-refractivity contribution in [3.05, 3.63) is 47.0 Å². The molecule has 0 atom stereocenters. The maximum absolute atomic E-state index is 11.8. The van der Waals surface area contributed by atoms with Crippen LogP contribution >= 0.6 is 11.6 Å². The van der Waals surface area contributed by atoms with Crippen LogP contribution < -0.4 is 0 Å². The zero-order valence-corrected chi connectivity index (χ0v) is 11.0. The average Bonchev–Trinajstić information content (AvgIpc) is 2.34. The van der Waals surface area contributed by atoms with E-state index in [0.717, 1.165) is 18.4 Å². The first-order valence-electron chi connectivity index (χ1n) is 6.17. The second-order valence-corrected chi connectivity index (χ2v) is 4.52. The fourth-order valence-electron chi connectivity index (χ4n) is 1.55. The first kappa shape index (κ1) is 14.0. The Morgan fingerprint density at radius 2 is 1.82 bits per heavy atom. The first-order valence-corrected chi connectivity index (χ1v) is 6.55. The van der Waals surface area contributed by atoms with Crippen LogP contribution in [-0.2, 0) is 0 Å². The third kappa shape index (κ3) is 5.69. The molecule has 17 heavy (non-hydrogen) atoms. The summed E-state index contributed by atoms with van der Waals surface area (Å²) in [7, 11) is 0. The number of rotatable bonds is 7. The number of carbonyl (C=O) groups excluding carboxylic acids is 1. The van der Waals surface area contributed by atoms with Gasteiger partial charge in [0.1, 0.15) is 0 Å². The Balaban J connectivity index is 2.30. The van der Waals surface area contributed by atoms with Crippen LogP contribution in [0.1, 0.15) is 49.4 Å². The molecule has 0 radical (unpaired) electrons. The van der Waals surface area contributed by atoms with Crippen molar-refractivity contribution in [1.82, 2.24) is 0 Å². The van der Waals surface area contributed by atoms with E-state index >= 15 is 0 Å². The van der Waals surface area contributed by atoms with E-state index in [-0.39, 0.29) is 5.78 Å². The Morgan fingerprint density at radius 1 is 1.18 bits per heavy atom. The lowest BCUT2D eigenvalue weighted by atomic mass is 10.1. The average molecular weight is 251 g/mol. The number of hydrogen-bond donors (Lipinski definition) is 0. The molecular formula is C15H19ClO. The summed E-state index contributed by atoms with van der Waals surface area (Å²) in [6.07, 6.45) is 9.22. The summed E-state index contributed by atoms with van der Waals surface area (Å²) in [5, 5.41) is 0.668. The van der Waals surface area contributed by atoms with Gasteiger partial charge in [0.2, 0.25) is 0 Å². The smallest absolute Gasteiger partial charge is 0.163 e. The molecule has 1 rings (SSSR count). The summed E-state index contributed by atoms with van der Waals surface area (Å²) in [6, 6.07) is 7.08. The number of benzene rings is 1. The maximum Gasteiger partial charge on any atom is 0.163 e. The van der Waals surface area contributed by atoms with Gasteiger partial charge in [-0.2, -0.15) is 0 Å². The topological polar surface area (TPSA) is 17.1 Å². The minimum Gasteiger partial charge on any atom is -0.294 e. The van der Waals surface area contributed by atoms with Crippen LogP contribution in [0, 0.1) is 0 Å². The standard InChI is InChI=1S/C15H19ClO/c1-2-3-4-5-6-7-8-15(17)13-9-11-14(16)12-10-13/h5-6,9-12H,2-4,7-8H2,1H3/b6-5+. The van der Waals surface area contributed by atoms with Gasteiger partial charge in [-0.05, 0) is 37.1 Å². The highest BCUT2D eigenvalue weighted by Crippen LogP contribution is 2.12. The first-order chi connectivity index (χ1) is 8.24. The molecule has 0 bridgehead atoms. The SMILES string of the molecule is CCCC/C=C/CCC(=O)c1ccc(Cl)cc1. The fourth-order valence-corrected chi connectivity index (χ4v) is 1.68. The maximum atomic E-state index is 11.8. The van der Waals surface area contributed by atoms with E-state index in [4.69, 9.17) is 11.6 Å². The molecule has 0 saturated heterocycles. The molecule has 0 saturated carbocycles. The van der Waals surface area contributed by atoms with E-state index < -0.39 is 0 Å². The lowest BCUT2D eigenvalue weighted by Gasteiger charge is -1.98. The van der Waals surface area contributed by atoms with Crippen molar-refractivity contribution in [1.29, 1.82) is 0 Å². The Hall–Kier alpha value is -1.08. The van der Waals surface area contributed by atoms with Crippen LogP contribution in [0.3, 0.4) is 0 Å². The summed E-state index contributed by atoms with van der Waals surface area (Å²) in [4.78, 5) is 11.8. The third-order valence-electron chi connectivity index (χ3n) is 2.60. The molecule has 0 amide bonds. The van der Waals surface area contributed by atoms with E-state index in [2.05, 4.69) is 19.1 Å². The lowest BCUT2D eigenvalue weighted by Crippen LogP contribution is -1.97. The van der Waals surface area contributed by atoms with Crippen LogP contribution in [-0.4, -0.2) is 5.78 Å². The lowest BCUT2D eigenvalue weighted by molar-refractivity contribution is 0.0983.